The number of anilines is 1. The maximum absolute atomic E-state index is 3.68. The molecule has 2 aliphatic heterocycles. The van der Waals surface area contributed by atoms with E-state index in [4.69, 9.17) is 0 Å². The summed E-state index contributed by atoms with van der Waals surface area (Å²) in [5.74, 6) is 0.995. The van der Waals surface area contributed by atoms with Crippen LogP contribution in [0.4, 0.5) is 5.69 Å². The Morgan fingerprint density at radius 1 is 1.21 bits per heavy atom. The molecule has 0 saturated carbocycles. The lowest BCUT2D eigenvalue weighted by molar-refractivity contribution is 0.173. The molecule has 0 radical (unpaired) electrons. The Morgan fingerprint density at radius 2 is 2.00 bits per heavy atom. The van der Waals surface area contributed by atoms with Gasteiger partial charge in [-0.25, -0.2) is 0 Å². The van der Waals surface area contributed by atoms with Gasteiger partial charge >= 0.3 is 0 Å². The van der Waals surface area contributed by atoms with Crippen molar-refractivity contribution in [2.75, 3.05) is 25.0 Å². The van der Waals surface area contributed by atoms with Crippen LogP contribution in [0.1, 0.15) is 38.2 Å². The molecule has 1 unspecified atom stereocenters. The minimum absolute atomic E-state index is 0.625. The Bertz CT molecular complexity index is 382. The summed E-state index contributed by atoms with van der Waals surface area (Å²) in [4.78, 5) is 2.66. The predicted molar refractivity (Wildman–Crippen MR) is 81.6 cm³/mol. The van der Waals surface area contributed by atoms with Gasteiger partial charge in [-0.3, -0.25) is 0 Å². The van der Waals surface area contributed by atoms with Crippen molar-refractivity contribution in [1.29, 1.82) is 0 Å². The molecule has 2 aliphatic rings. The Balaban J connectivity index is 1.47. The molecule has 1 atom stereocenters. The van der Waals surface area contributed by atoms with Crippen LogP contribution in [0.25, 0.3) is 0 Å². The highest BCUT2D eigenvalue weighted by atomic mass is 15.2. The Labute approximate surface area is 117 Å². The summed E-state index contributed by atoms with van der Waals surface area (Å²) in [7, 11) is 0. The van der Waals surface area contributed by atoms with Gasteiger partial charge in [-0.1, -0.05) is 38.0 Å². The molecule has 1 aromatic rings. The van der Waals surface area contributed by atoms with Crippen molar-refractivity contribution in [3.8, 4) is 0 Å². The van der Waals surface area contributed by atoms with Crippen molar-refractivity contribution in [1.82, 2.24) is 4.90 Å². The fourth-order valence-corrected chi connectivity index (χ4v) is 3.66. The fourth-order valence-electron chi connectivity index (χ4n) is 3.66. The minimum Gasteiger partial charge on any atom is -0.380 e. The first kappa shape index (κ1) is 13.0. The zero-order valence-corrected chi connectivity index (χ0v) is 12.1. The zero-order chi connectivity index (χ0) is 13.1. The van der Waals surface area contributed by atoms with E-state index in [1.165, 1.54) is 63.0 Å². The van der Waals surface area contributed by atoms with Gasteiger partial charge in [0.05, 0.1) is 0 Å². The minimum atomic E-state index is 0.625. The first-order chi connectivity index (χ1) is 9.35. The number of likely N-dealkylation sites (tertiary alicyclic amines) is 1. The van der Waals surface area contributed by atoms with Crippen LogP contribution in [-0.4, -0.2) is 30.6 Å². The molecule has 0 spiro atoms. The van der Waals surface area contributed by atoms with Crippen molar-refractivity contribution < 1.29 is 0 Å². The second kappa shape index (κ2) is 5.96. The van der Waals surface area contributed by atoms with Crippen LogP contribution in [0.2, 0.25) is 0 Å². The lowest BCUT2D eigenvalue weighted by Gasteiger charge is -2.33. The van der Waals surface area contributed by atoms with Crippen LogP contribution in [0.3, 0.4) is 0 Å². The lowest BCUT2D eigenvalue weighted by Crippen LogP contribution is -2.40. The Hall–Kier alpha value is -1.02. The van der Waals surface area contributed by atoms with Gasteiger partial charge in [-0.05, 0) is 49.9 Å². The van der Waals surface area contributed by atoms with Crippen LogP contribution < -0.4 is 5.32 Å². The van der Waals surface area contributed by atoms with E-state index in [1.54, 1.807) is 0 Å². The third-order valence-electron chi connectivity index (χ3n) is 4.73. The van der Waals surface area contributed by atoms with E-state index in [-0.39, 0.29) is 0 Å². The van der Waals surface area contributed by atoms with E-state index in [1.807, 2.05) is 0 Å². The van der Waals surface area contributed by atoms with E-state index in [2.05, 4.69) is 41.4 Å². The molecule has 1 fully saturated rings. The van der Waals surface area contributed by atoms with Gasteiger partial charge in [0.1, 0.15) is 0 Å². The van der Waals surface area contributed by atoms with Crippen LogP contribution in [0.15, 0.2) is 24.3 Å². The first-order valence-electron chi connectivity index (χ1n) is 7.92. The number of benzene rings is 1. The maximum atomic E-state index is 3.68. The molecule has 3 rings (SSSR count). The highest BCUT2D eigenvalue weighted by Gasteiger charge is 2.24. The molecule has 104 valence electrons. The summed E-state index contributed by atoms with van der Waals surface area (Å²) >= 11 is 0. The van der Waals surface area contributed by atoms with E-state index in [9.17, 15) is 0 Å². The van der Waals surface area contributed by atoms with Crippen molar-refractivity contribution in [3.05, 3.63) is 29.8 Å². The second-order valence-corrected chi connectivity index (χ2v) is 6.24. The summed E-state index contributed by atoms with van der Waals surface area (Å²) < 4.78 is 0. The molecule has 0 aromatic heterocycles. The number of hydrogen-bond donors (Lipinski definition) is 1. The third-order valence-corrected chi connectivity index (χ3v) is 4.73. The number of rotatable bonds is 4. The summed E-state index contributed by atoms with van der Waals surface area (Å²) in [6, 6.07) is 9.38. The number of piperidine rings is 1. The molecular weight excluding hydrogens is 232 g/mol. The normalized spacial score (nSPS) is 24.2. The smallest absolute Gasteiger partial charge is 0.0429 e. The van der Waals surface area contributed by atoms with Gasteiger partial charge in [-0.15, -0.1) is 0 Å². The number of nitrogens with one attached hydrogen (secondary N) is 1. The first-order valence-corrected chi connectivity index (χ1v) is 7.92. The number of para-hydroxylation sites is 1. The molecule has 1 N–H and O–H groups in total. The largest absolute Gasteiger partial charge is 0.380 e. The van der Waals surface area contributed by atoms with Gasteiger partial charge in [0.25, 0.3) is 0 Å². The Kier molecular flexibility index (Phi) is 4.07. The summed E-state index contributed by atoms with van der Waals surface area (Å²) in [6.07, 6.45) is 6.80. The van der Waals surface area contributed by atoms with Crippen molar-refractivity contribution in [2.24, 2.45) is 5.92 Å². The zero-order valence-electron chi connectivity index (χ0n) is 12.1. The second-order valence-electron chi connectivity index (χ2n) is 6.24. The van der Waals surface area contributed by atoms with E-state index in [0.717, 1.165) is 5.92 Å². The molecule has 0 aliphatic carbocycles. The van der Waals surface area contributed by atoms with E-state index >= 15 is 0 Å². The molecule has 1 aromatic carbocycles. The van der Waals surface area contributed by atoms with E-state index in [0.29, 0.717) is 6.04 Å². The van der Waals surface area contributed by atoms with Crippen molar-refractivity contribution in [2.45, 2.75) is 45.1 Å². The molecule has 2 nitrogen and oxygen atoms in total. The van der Waals surface area contributed by atoms with Gasteiger partial charge in [0.2, 0.25) is 0 Å². The molecule has 0 amide bonds. The topological polar surface area (TPSA) is 15.3 Å². The molecule has 19 heavy (non-hydrogen) atoms. The highest BCUT2D eigenvalue weighted by Crippen LogP contribution is 2.27. The number of nitrogens with zero attached hydrogens (tertiary/aromatic N) is 1. The number of fused-ring (bicyclic) bond motifs is 1. The van der Waals surface area contributed by atoms with Gasteiger partial charge in [0, 0.05) is 18.3 Å². The van der Waals surface area contributed by atoms with Crippen LogP contribution in [0.5, 0.6) is 0 Å². The lowest BCUT2D eigenvalue weighted by atomic mass is 9.92. The monoisotopic (exact) mass is 258 g/mol. The molecule has 2 heterocycles. The van der Waals surface area contributed by atoms with Gasteiger partial charge in [0.15, 0.2) is 0 Å². The SMILES string of the molecule is CCCC1CCN(CC2Cc3ccccc3N2)CC1. The molecule has 1 saturated heterocycles. The average Bonchev–Trinajstić information content (AvgIpc) is 2.83. The molecular formula is C17H26N2. The van der Waals surface area contributed by atoms with E-state index < -0.39 is 0 Å². The fraction of sp³-hybridized carbons (Fsp3) is 0.647. The summed E-state index contributed by atoms with van der Waals surface area (Å²) in [5.41, 5.74) is 2.85. The van der Waals surface area contributed by atoms with Crippen molar-refractivity contribution >= 4 is 5.69 Å². The summed E-state index contributed by atoms with van der Waals surface area (Å²) in [6.45, 7) is 6.14. The van der Waals surface area contributed by atoms with Crippen LogP contribution in [-0.2, 0) is 6.42 Å². The Morgan fingerprint density at radius 3 is 2.74 bits per heavy atom. The maximum Gasteiger partial charge on any atom is 0.0429 e. The van der Waals surface area contributed by atoms with Crippen LogP contribution in [0, 0.1) is 5.92 Å². The van der Waals surface area contributed by atoms with Gasteiger partial charge < -0.3 is 10.2 Å². The van der Waals surface area contributed by atoms with Crippen LogP contribution >= 0.6 is 0 Å². The average molecular weight is 258 g/mol. The van der Waals surface area contributed by atoms with Gasteiger partial charge in [-0.2, -0.15) is 0 Å². The van der Waals surface area contributed by atoms with Crippen molar-refractivity contribution in [3.63, 3.8) is 0 Å². The molecule has 2 heteroatoms. The summed E-state index contributed by atoms with van der Waals surface area (Å²) in [5, 5.41) is 3.68. The standard InChI is InChI=1S/C17H26N2/c1-2-5-14-8-10-19(11-9-14)13-16-12-15-6-3-4-7-17(15)18-16/h3-4,6-7,14,16,18H,2,5,8-13H2,1H3. The number of hydrogen-bond acceptors (Lipinski definition) is 2. The predicted octanol–water partition coefficient (Wildman–Crippen LogP) is 3.54. The molecule has 0 bridgehead atoms. The third kappa shape index (κ3) is 3.11. The quantitative estimate of drug-likeness (QED) is 0.888. The highest BCUT2D eigenvalue weighted by molar-refractivity contribution is 5.56.